The lowest BCUT2D eigenvalue weighted by atomic mass is 9.70. The number of rotatable bonds is 5. The Labute approximate surface area is 146 Å². The molecule has 0 N–H and O–H groups in total. The van der Waals surface area contributed by atoms with Gasteiger partial charge in [0.25, 0.3) is 0 Å². The third-order valence-electron chi connectivity index (χ3n) is 7.16. The Bertz CT molecular complexity index is 439. The van der Waals surface area contributed by atoms with Crippen LogP contribution in [0, 0.1) is 23.7 Å². The monoisotopic (exact) mass is 336 g/mol. The average molecular weight is 337 g/mol. The molecule has 3 aliphatic carbocycles. The molecule has 2 saturated carbocycles. The first kappa shape index (κ1) is 18.1. The van der Waals surface area contributed by atoms with E-state index in [1.807, 2.05) is 0 Å². The quantitative estimate of drug-likeness (QED) is 0.509. The van der Waals surface area contributed by atoms with Gasteiger partial charge in [-0.25, -0.2) is 8.78 Å². The molecule has 136 valence electrons. The zero-order chi connectivity index (χ0) is 17.0. The third kappa shape index (κ3) is 4.11. The van der Waals surface area contributed by atoms with Crippen LogP contribution in [0.2, 0.25) is 0 Å². The molecule has 3 rings (SSSR count). The van der Waals surface area contributed by atoms with Crippen LogP contribution < -0.4 is 0 Å². The van der Waals surface area contributed by atoms with Crippen LogP contribution in [0.5, 0.6) is 0 Å². The standard InChI is InChI=1S/C22H34F2/c1-2-17-6-8-18(9-7-17)10-11-19-12-14-20(15-13-19)22(24)16-4-3-5-21(22)23/h3-5,16-21H,2,6-15H2,1H3. The molecule has 0 saturated heterocycles. The van der Waals surface area contributed by atoms with E-state index in [2.05, 4.69) is 6.92 Å². The van der Waals surface area contributed by atoms with Gasteiger partial charge in [-0.3, -0.25) is 0 Å². The van der Waals surface area contributed by atoms with E-state index >= 15 is 4.39 Å². The van der Waals surface area contributed by atoms with Gasteiger partial charge in [0.05, 0.1) is 0 Å². The van der Waals surface area contributed by atoms with Crippen LogP contribution in [0.3, 0.4) is 0 Å². The first-order valence-electron chi connectivity index (χ1n) is 10.3. The molecule has 0 bridgehead atoms. The third-order valence-corrected chi connectivity index (χ3v) is 7.16. The molecule has 2 unspecified atom stereocenters. The highest BCUT2D eigenvalue weighted by atomic mass is 19.2. The summed E-state index contributed by atoms with van der Waals surface area (Å²) in [4.78, 5) is 0. The normalized spacial score (nSPS) is 43.0. The van der Waals surface area contributed by atoms with Gasteiger partial charge in [-0.05, 0) is 48.7 Å². The zero-order valence-corrected chi connectivity index (χ0v) is 15.2. The van der Waals surface area contributed by atoms with E-state index in [0.717, 1.165) is 43.4 Å². The molecule has 0 amide bonds. The van der Waals surface area contributed by atoms with E-state index in [0.29, 0.717) is 0 Å². The summed E-state index contributed by atoms with van der Waals surface area (Å²) in [6.45, 7) is 2.32. The topological polar surface area (TPSA) is 0 Å². The highest BCUT2D eigenvalue weighted by molar-refractivity contribution is 5.24. The molecular formula is C22H34F2. The van der Waals surface area contributed by atoms with E-state index in [9.17, 15) is 4.39 Å². The molecule has 0 aromatic rings. The summed E-state index contributed by atoms with van der Waals surface area (Å²) in [5.41, 5.74) is -1.75. The number of alkyl halides is 2. The van der Waals surface area contributed by atoms with Crippen molar-refractivity contribution in [2.45, 2.75) is 89.4 Å². The highest BCUT2D eigenvalue weighted by Crippen LogP contribution is 2.44. The number of halogens is 2. The van der Waals surface area contributed by atoms with Crippen molar-refractivity contribution in [3.63, 3.8) is 0 Å². The van der Waals surface area contributed by atoms with E-state index in [4.69, 9.17) is 0 Å². The van der Waals surface area contributed by atoms with Crippen LogP contribution in [0.1, 0.15) is 77.6 Å². The summed E-state index contributed by atoms with van der Waals surface area (Å²) in [5, 5.41) is 0. The van der Waals surface area contributed by atoms with Crippen molar-refractivity contribution in [2.75, 3.05) is 0 Å². The van der Waals surface area contributed by atoms with Gasteiger partial charge in [0, 0.05) is 0 Å². The molecule has 0 radical (unpaired) electrons. The van der Waals surface area contributed by atoms with Gasteiger partial charge in [-0.1, -0.05) is 76.9 Å². The lowest BCUT2D eigenvalue weighted by Gasteiger charge is -2.39. The predicted molar refractivity (Wildman–Crippen MR) is 97.4 cm³/mol. The minimum Gasteiger partial charge on any atom is -0.239 e. The van der Waals surface area contributed by atoms with E-state index in [1.54, 1.807) is 12.2 Å². The summed E-state index contributed by atoms with van der Waals surface area (Å²) in [6.07, 6.45) is 18.3. The maximum atomic E-state index is 15.0. The van der Waals surface area contributed by atoms with Crippen molar-refractivity contribution in [3.8, 4) is 0 Å². The van der Waals surface area contributed by atoms with Gasteiger partial charge >= 0.3 is 0 Å². The molecule has 0 nitrogen and oxygen atoms in total. The number of hydrogen-bond acceptors (Lipinski definition) is 0. The Morgan fingerprint density at radius 3 is 1.92 bits per heavy atom. The molecular weight excluding hydrogens is 302 g/mol. The Morgan fingerprint density at radius 1 is 0.833 bits per heavy atom. The molecule has 0 spiro atoms. The molecule has 0 aromatic heterocycles. The van der Waals surface area contributed by atoms with Crippen molar-refractivity contribution < 1.29 is 8.78 Å². The lowest BCUT2D eigenvalue weighted by molar-refractivity contribution is 0.0310. The molecule has 2 fully saturated rings. The smallest absolute Gasteiger partial charge is 0.166 e. The summed E-state index contributed by atoms with van der Waals surface area (Å²) < 4.78 is 29.1. The minimum absolute atomic E-state index is 0.134. The second kappa shape index (κ2) is 8.15. The van der Waals surface area contributed by atoms with Crippen LogP contribution in [0.4, 0.5) is 8.78 Å². The SMILES string of the molecule is CCC1CCC(CCC2CCC(C3(F)C=CC=CC3F)CC2)CC1. The van der Waals surface area contributed by atoms with Gasteiger partial charge in [0.15, 0.2) is 11.8 Å². The van der Waals surface area contributed by atoms with Gasteiger partial charge in [0.2, 0.25) is 0 Å². The predicted octanol–water partition coefficient (Wildman–Crippen LogP) is 6.96. The van der Waals surface area contributed by atoms with Crippen molar-refractivity contribution in [1.29, 1.82) is 0 Å². The van der Waals surface area contributed by atoms with Crippen molar-refractivity contribution >= 4 is 0 Å². The van der Waals surface area contributed by atoms with Crippen molar-refractivity contribution in [2.24, 2.45) is 23.7 Å². The first-order chi connectivity index (χ1) is 11.6. The van der Waals surface area contributed by atoms with E-state index < -0.39 is 11.8 Å². The summed E-state index contributed by atoms with van der Waals surface area (Å²) in [5.74, 6) is 2.52. The average Bonchev–Trinajstić information content (AvgIpc) is 2.63. The fourth-order valence-corrected chi connectivity index (χ4v) is 5.26. The van der Waals surface area contributed by atoms with Gasteiger partial charge < -0.3 is 0 Å². The molecule has 0 heterocycles. The van der Waals surface area contributed by atoms with Crippen molar-refractivity contribution in [3.05, 3.63) is 24.3 Å². The molecule has 0 aliphatic heterocycles. The van der Waals surface area contributed by atoms with Crippen LogP contribution >= 0.6 is 0 Å². The van der Waals surface area contributed by atoms with E-state index in [1.165, 1.54) is 57.1 Å². The fourth-order valence-electron chi connectivity index (χ4n) is 5.26. The molecule has 3 aliphatic rings. The van der Waals surface area contributed by atoms with Crippen LogP contribution in [-0.2, 0) is 0 Å². The molecule has 24 heavy (non-hydrogen) atoms. The summed E-state index contributed by atoms with van der Waals surface area (Å²) in [6, 6.07) is 0. The maximum Gasteiger partial charge on any atom is 0.166 e. The fraction of sp³-hybridized carbons (Fsp3) is 0.818. The second-order valence-electron chi connectivity index (χ2n) is 8.56. The largest absolute Gasteiger partial charge is 0.239 e. The summed E-state index contributed by atoms with van der Waals surface area (Å²) in [7, 11) is 0. The van der Waals surface area contributed by atoms with Gasteiger partial charge in [-0.15, -0.1) is 0 Å². The molecule has 0 aromatic carbocycles. The Morgan fingerprint density at radius 2 is 1.38 bits per heavy atom. The number of hydrogen-bond donors (Lipinski definition) is 0. The first-order valence-corrected chi connectivity index (χ1v) is 10.3. The Balaban J connectivity index is 1.40. The summed E-state index contributed by atoms with van der Waals surface area (Å²) >= 11 is 0. The van der Waals surface area contributed by atoms with Crippen LogP contribution in [-0.4, -0.2) is 11.8 Å². The molecule has 2 atom stereocenters. The maximum absolute atomic E-state index is 15.0. The Hall–Kier alpha value is -0.660. The Kier molecular flexibility index (Phi) is 6.16. The molecule has 2 heteroatoms. The minimum atomic E-state index is -1.75. The highest BCUT2D eigenvalue weighted by Gasteiger charge is 2.45. The lowest BCUT2D eigenvalue weighted by Crippen LogP contribution is -2.42. The number of allylic oxidation sites excluding steroid dienone is 4. The van der Waals surface area contributed by atoms with Gasteiger partial charge in [-0.2, -0.15) is 0 Å². The zero-order valence-electron chi connectivity index (χ0n) is 15.2. The van der Waals surface area contributed by atoms with Crippen molar-refractivity contribution in [1.82, 2.24) is 0 Å². The van der Waals surface area contributed by atoms with E-state index in [-0.39, 0.29) is 5.92 Å². The van der Waals surface area contributed by atoms with Gasteiger partial charge in [0.1, 0.15) is 0 Å². The van der Waals surface area contributed by atoms with Crippen LogP contribution in [0.15, 0.2) is 24.3 Å². The second-order valence-corrected chi connectivity index (χ2v) is 8.56. The van der Waals surface area contributed by atoms with Crippen LogP contribution in [0.25, 0.3) is 0 Å².